The Hall–Kier alpha value is -1.19. The third-order valence-corrected chi connectivity index (χ3v) is 4.00. The van der Waals surface area contributed by atoms with Crippen molar-refractivity contribution in [2.45, 2.75) is 32.1 Å². The summed E-state index contributed by atoms with van der Waals surface area (Å²) in [5, 5.41) is 7.99. The molecule has 0 aliphatic heterocycles. The standard InChI is InChI=1S/C11H15N3O/c1-14-12-7-9(13-14)10(15)8-5-11(6-8)3-2-4-11/h7-8H,2-6H2,1H3. The van der Waals surface area contributed by atoms with Crippen LogP contribution in [0.25, 0.3) is 0 Å². The summed E-state index contributed by atoms with van der Waals surface area (Å²) < 4.78 is 0. The van der Waals surface area contributed by atoms with E-state index in [1.54, 1.807) is 13.2 Å². The Bertz CT molecular complexity index is 398. The van der Waals surface area contributed by atoms with Gasteiger partial charge in [0.15, 0.2) is 5.78 Å². The molecule has 3 rings (SSSR count). The second-order valence-corrected chi connectivity index (χ2v) is 5.04. The van der Waals surface area contributed by atoms with Crippen LogP contribution in [0.4, 0.5) is 0 Å². The molecule has 0 atom stereocenters. The van der Waals surface area contributed by atoms with E-state index < -0.39 is 0 Å². The maximum absolute atomic E-state index is 12.0. The lowest BCUT2D eigenvalue weighted by Gasteiger charge is -2.53. The third-order valence-electron chi connectivity index (χ3n) is 4.00. The van der Waals surface area contributed by atoms with E-state index in [-0.39, 0.29) is 11.7 Å². The van der Waals surface area contributed by atoms with E-state index in [2.05, 4.69) is 10.2 Å². The average molecular weight is 205 g/mol. The van der Waals surface area contributed by atoms with Gasteiger partial charge in [0.1, 0.15) is 5.69 Å². The summed E-state index contributed by atoms with van der Waals surface area (Å²) in [6, 6.07) is 0. The monoisotopic (exact) mass is 205 g/mol. The Morgan fingerprint density at radius 1 is 1.53 bits per heavy atom. The molecule has 80 valence electrons. The van der Waals surface area contributed by atoms with Gasteiger partial charge in [-0.15, -0.1) is 0 Å². The zero-order valence-electron chi connectivity index (χ0n) is 8.94. The Morgan fingerprint density at radius 2 is 2.27 bits per heavy atom. The third kappa shape index (κ3) is 1.31. The largest absolute Gasteiger partial charge is 0.292 e. The fourth-order valence-corrected chi connectivity index (χ4v) is 2.92. The molecule has 4 heteroatoms. The lowest BCUT2D eigenvalue weighted by molar-refractivity contribution is -0.0152. The number of Topliss-reactive ketones (excluding diaryl/α,β-unsaturated/α-hetero) is 1. The molecule has 1 aromatic rings. The van der Waals surface area contributed by atoms with Gasteiger partial charge >= 0.3 is 0 Å². The first-order chi connectivity index (χ1) is 7.19. The molecule has 2 saturated carbocycles. The van der Waals surface area contributed by atoms with Gasteiger partial charge in [0.05, 0.1) is 6.20 Å². The molecule has 0 radical (unpaired) electrons. The van der Waals surface area contributed by atoms with Crippen LogP contribution in [0.3, 0.4) is 0 Å². The number of nitrogens with zero attached hydrogens (tertiary/aromatic N) is 3. The van der Waals surface area contributed by atoms with Crippen LogP contribution >= 0.6 is 0 Å². The van der Waals surface area contributed by atoms with Crippen molar-refractivity contribution >= 4 is 5.78 Å². The average Bonchev–Trinajstić information content (AvgIpc) is 2.46. The lowest BCUT2D eigenvalue weighted by atomic mass is 9.51. The second kappa shape index (κ2) is 2.90. The number of ketones is 1. The fourth-order valence-electron chi connectivity index (χ4n) is 2.92. The number of carbonyl (C=O) groups excluding carboxylic acids is 1. The summed E-state index contributed by atoms with van der Waals surface area (Å²) in [5.41, 5.74) is 1.10. The minimum Gasteiger partial charge on any atom is -0.292 e. The summed E-state index contributed by atoms with van der Waals surface area (Å²) in [6.45, 7) is 0. The van der Waals surface area contributed by atoms with Crippen molar-refractivity contribution < 1.29 is 4.79 Å². The van der Waals surface area contributed by atoms with Gasteiger partial charge in [0.25, 0.3) is 0 Å². The molecule has 2 fully saturated rings. The molecule has 0 N–H and O–H groups in total. The number of hydrogen-bond acceptors (Lipinski definition) is 3. The van der Waals surface area contributed by atoms with E-state index in [9.17, 15) is 4.79 Å². The first-order valence-corrected chi connectivity index (χ1v) is 5.59. The Balaban J connectivity index is 1.67. The number of rotatable bonds is 2. The zero-order valence-corrected chi connectivity index (χ0v) is 8.94. The molecule has 1 heterocycles. The van der Waals surface area contributed by atoms with Crippen LogP contribution in [0.15, 0.2) is 6.20 Å². The molecule has 15 heavy (non-hydrogen) atoms. The molecule has 2 aliphatic rings. The van der Waals surface area contributed by atoms with Crippen molar-refractivity contribution in [3.05, 3.63) is 11.9 Å². The predicted octanol–water partition coefficient (Wildman–Crippen LogP) is 1.58. The predicted molar refractivity (Wildman–Crippen MR) is 54.3 cm³/mol. The van der Waals surface area contributed by atoms with E-state index in [0.29, 0.717) is 11.1 Å². The topological polar surface area (TPSA) is 47.8 Å². The molecule has 1 aromatic heterocycles. The van der Waals surface area contributed by atoms with Gasteiger partial charge in [-0.1, -0.05) is 6.42 Å². The van der Waals surface area contributed by atoms with Crippen molar-refractivity contribution in [3.63, 3.8) is 0 Å². The van der Waals surface area contributed by atoms with E-state index in [4.69, 9.17) is 0 Å². The van der Waals surface area contributed by atoms with Crippen LogP contribution in [0.1, 0.15) is 42.6 Å². The second-order valence-electron chi connectivity index (χ2n) is 5.04. The van der Waals surface area contributed by atoms with Gasteiger partial charge in [-0.3, -0.25) is 4.79 Å². The lowest BCUT2D eigenvalue weighted by Crippen LogP contribution is -2.45. The van der Waals surface area contributed by atoms with Crippen LogP contribution in [0.2, 0.25) is 0 Å². The number of aromatic nitrogens is 3. The van der Waals surface area contributed by atoms with Gasteiger partial charge in [-0.05, 0) is 31.1 Å². The highest BCUT2D eigenvalue weighted by molar-refractivity contribution is 5.96. The van der Waals surface area contributed by atoms with Crippen molar-refractivity contribution in [2.24, 2.45) is 18.4 Å². The first kappa shape index (κ1) is 9.07. The maximum atomic E-state index is 12.0. The van der Waals surface area contributed by atoms with Crippen LogP contribution < -0.4 is 0 Å². The number of hydrogen-bond donors (Lipinski definition) is 0. The quantitative estimate of drug-likeness (QED) is 0.689. The van der Waals surface area contributed by atoms with Crippen LogP contribution in [-0.2, 0) is 7.05 Å². The Kier molecular flexibility index (Phi) is 1.75. The van der Waals surface area contributed by atoms with Gasteiger partial charge in [-0.2, -0.15) is 15.0 Å². The fraction of sp³-hybridized carbons (Fsp3) is 0.727. The highest BCUT2D eigenvalue weighted by atomic mass is 16.1. The molecule has 0 amide bonds. The van der Waals surface area contributed by atoms with E-state index in [0.717, 1.165) is 12.8 Å². The highest BCUT2D eigenvalue weighted by Gasteiger charge is 2.50. The number of carbonyl (C=O) groups is 1. The maximum Gasteiger partial charge on any atom is 0.187 e. The molecule has 1 spiro atoms. The van der Waals surface area contributed by atoms with E-state index >= 15 is 0 Å². The molecule has 0 saturated heterocycles. The minimum atomic E-state index is 0.195. The molecule has 2 aliphatic carbocycles. The first-order valence-electron chi connectivity index (χ1n) is 5.59. The van der Waals surface area contributed by atoms with Gasteiger partial charge in [0, 0.05) is 13.0 Å². The Labute approximate surface area is 88.7 Å². The smallest absolute Gasteiger partial charge is 0.187 e. The molecule has 0 bridgehead atoms. The summed E-state index contributed by atoms with van der Waals surface area (Å²) in [4.78, 5) is 13.4. The van der Waals surface area contributed by atoms with Gasteiger partial charge in [-0.25, -0.2) is 0 Å². The van der Waals surface area contributed by atoms with E-state index in [1.165, 1.54) is 24.1 Å². The summed E-state index contributed by atoms with van der Waals surface area (Å²) in [6.07, 6.45) is 7.76. The van der Waals surface area contributed by atoms with Crippen LogP contribution in [0.5, 0.6) is 0 Å². The molecule has 0 unspecified atom stereocenters. The summed E-state index contributed by atoms with van der Waals surface area (Å²) in [5.74, 6) is 0.419. The Morgan fingerprint density at radius 3 is 2.73 bits per heavy atom. The molecule has 4 nitrogen and oxygen atoms in total. The van der Waals surface area contributed by atoms with Crippen molar-refractivity contribution in [3.8, 4) is 0 Å². The van der Waals surface area contributed by atoms with Gasteiger partial charge < -0.3 is 0 Å². The zero-order chi connectivity index (χ0) is 10.5. The van der Waals surface area contributed by atoms with Crippen LogP contribution in [-0.4, -0.2) is 20.8 Å². The van der Waals surface area contributed by atoms with Gasteiger partial charge in [0.2, 0.25) is 0 Å². The highest BCUT2D eigenvalue weighted by Crippen LogP contribution is 2.59. The molecule has 0 aromatic carbocycles. The summed E-state index contributed by atoms with van der Waals surface area (Å²) >= 11 is 0. The summed E-state index contributed by atoms with van der Waals surface area (Å²) in [7, 11) is 1.74. The SMILES string of the molecule is Cn1ncc(C(=O)C2CC3(CCC3)C2)n1. The number of aryl methyl sites for hydroxylation is 1. The molecular formula is C11H15N3O. The molecular weight excluding hydrogens is 190 g/mol. The van der Waals surface area contributed by atoms with E-state index in [1.807, 2.05) is 0 Å². The van der Waals surface area contributed by atoms with Crippen molar-refractivity contribution in [1.29, 1.82) is 0 Å². The normalized spacial score (nSPS) is 23.5. The van der Waals surface area contributed by atoms with Crippen LogP contribution in [0, 0.1) is 11.3 Å². The van der Waals surface area contributed by atoms with Crippen molar-refractivity contribution in [1.82, 2.24) is 15.0 Å². The van der Waals surface area contributed by atoms with Crippen molar-refractivity contribution in [2.75, 3.05) is 0 Å². The minimum absolute atomic E-state index is 0.195.